The van der Waals surface area contributed by atoms with Gasteiger partial charge in [-0.3, -0.25) is 9.67 Å². The SMILES string of the molecule is COCN(c1cccc(-c2nn(C(C)C)cc2-c2ccncc2)c1F)S(=O)(=O)c1cc(F)ccc1F. The summed E-state index contributed by atoms with van der Waals surface area (Å²) in [6.45, 7) is 3.19. The molecule has 4 aromatic rings. The monoisotopic (exact) mass is 516 g/mol. The summed E-state index contributed by atoms with van der Waals surface area (Å²) in [4.78, 5) is 3.07. The Hall–Kier alpha value is -3.70. The number of pyridine rings is 1. The zero-order valence-electron chi connectivity index (χ0n) is 19.7. The maximum absolute atomic E-state index is 16.1. The predicted octanol–water partition coefficient (Wildman–Crippen LogP) is 5.41. The molecule has 2 heterocycles. The molecule has 0 radical (unpaired) electrons. The van der Waals surface area contributed by atoms with E-state index in [1.165, 1.54) is 25.3 Å². The minimum absolute atomic E-state index is 0.0229. The molecule has 0 saturated carbocycles. The zero-order valence-corrected chi connectivity index (χ0v) is 20.5. The second-order valence-corrected chi connectivity index (χ2v) is 10.0. The van der Waals surface area contributed by atoms with E-state index in [9.17, 15) is 17.2 Å². The fraction of sp³-hybridized carbons (Fsp3) is 0.200. The van der Waals surface area contributed by atoms with Crippen LogP contribution >= 0.6 is 0 Å². The van der Waals surface area contributed by atoms with Crippen LogP contribution in [0.15, 0.2) is 72.0 Å². The van der Waals surface area contributed by atoms with E-state index in [0.29, 0.717) is 22.0 Å². The lowest BCUT2D eigenvalue weighted by molar-refractivity contribution is 0.209. The Bertz CT molecular complexity index is 1490. The number of nitrogens with zero attached hydrogens (tertiary/aromatic N) is 4. The molecule has 0 atom stereocenters. The number of benzene rings is 2. The molecule has 2 aromatic carbocycles. The number of halogens is 3. The van der Waals surface area contributed by atoms with Crippen LogP contribution in [-0.2, 0) is 14.8 Å². The molecular formula is C25H23F3N4O3S. The molecule has 0 amide bonds. The number of hydrogen-bond acceptors (Lipinski definition) is 5. The van der Waals surface area contributed by atoms with E-state index in [-0.39, 0.29) is 17.3 Å². The van der Waals surface area contributed by atoms with Crippen molar-refractivity contribution in [1.29, 1.82) is 0 Å². The summed E-state index contributed by atoms with van der Waals surface area (Å²) in [5.41, 5.74) is 1.24. The number of ether oxygens (including phenoxy) is 1. The van der Waals surface area contributed by atoms with Crippen LogP contribution in [0.3, 0.4) is 0 Å². The van der Waals surface area contributed by atoms with E-state index in [0.717, 1.165) is 11.6 Å². The molecule has 0 fully saturated rings. The first-order valence-electron chi connectivity index (χ1n) is 10.9. The lowest BCUT2D eigenvalue weighted by Crippen LogP contribution is -2.34. The first kappa shape index (κ1) is 25.4. The molecule has 11 heteroatoms. The second-order valence-electron chi connectivity index (χ2n) is 8.19. The van der Waals surface area contributed by atoms with E-state index in [1.54, 1.807) is 35.4 Å². The Morgan fingerprint density at radius 1 is 1.03 bits per heavy atom. The Morgan fingerprint density at radius 2 is 1.75 bits per heavy atom. The average Bonchev–Trinajstić information content (AvgIpc) is 3.30. The van der Waals surface area contributed by atoms with Gasteiger partial charge in [0.2, 0.25) is 0 Å². The van der Waals surface area contributed by atoms with Crippen LogP contribution in [0.4, 0.5) is 18.9 Å². The maximum atomic E-state index is 16.1. The molecule has 36 heavy (non-hydrogen) atoms. The van der Waals surface area contributed by atoms with Gasteiger partial charge in [0.05, 0.1) is 5.69 Å². The third-order valence-corrected chi connectivity index (χ3v) is 7.21. The molecule has 0 N–H and O–H groups in total. The van der Waals surface area contributed by atoms with Gasteiger partial charge in [-0.05, 0) is 61.9 Å². The van der Waals surface area contributed by atoms with E-state index in [1.807, 2.05) is 13.8 Å². The predicted molar refractivity (Wildman–Crippen MR) is 129 cm³/mol. The third kappa shape index (κ3) is 4.71. The van der Waals surface area contributed by atoms with Crippen LogP contribution in [0.1, 0.15) is 19.9 Å². The topological polar surface area (TPSA) is 77.3 Å². The molecule has 0 aliphatic heterocycles. The molecule has 0 saturated heterocycles. The van der Waals surface area contributed by atoms with Gasteiger partial charge in [-0.2, -0.15) is 5.10 Å². The maximum Gasteiger partial charge on any atom is 0.269 e. The normalized spacial score (nSPS) is 11.8. The summed E-state index contributed by atoms with van der Waals surface area (Å²) in [7, 11) is -3.54. The van der Waals surface area contributed by atoms with Gasteiger partial charge in [0.15, 0.2) is 5.82 Å². The van der Waals surface area contributed by atoms with Gasteiger partial charge < -0.3 is 4.74 Å². The molecule has 0 aliphatic carbocycles. The summed E-state index contributed by atoms with van der Waals surface area (Å²) in [6, 6.07) is 9.64. The molecule has 0 spiro atoms. The molecule has 0 bridgehead atoms. The second kappa shape index (κ2) is 10.1. The van der Waals surface area contributed by atoms with E-state index >= 15 is 4.39 Å². The quantitative estimate of drug-likeness (QED) is 0.293. The zero-order chi connectivity index (χ0) is 26.0. The van der Waals surface area contributed by atoms with Gasteiger partial charge in [-0.25, -0.2) is 25.9 Å². The third-order valence-electron chi connectivity index (χ3n) is 5.46. The molecule has 0 unspecified atom stereocenters. The largest absolute Gasteiger partial charge is 0.363 e. The summed E-state index contributed by atoms with van der Waals surface area (Å²) in [5.74, 6) is -3.05. The number of hydrogen-bond donors (Lipinski definition) is 0. The minimum atomic E-state index is -4.74. The van der Waals surface area contributed by atoms with Gasteiger partial charge in [0, 0.05) is 42.9 Å². The Morgan fingerprint density at radius 3 is 2.42 bits per heavy atom. The van der Waals surface area contributed by atoms with Crippen LogP contribution in [0.25, 0.3) is 22.4 Å². The van der Waals surface area contributed by atoms with Crippen LogP contribution in [0, 0.1) is 17.5 Å². The van der Waals surface area contributed by atoms with Crippen molar-refractivity contribution < 1.29 is 26.3 Å². The van der Waals surface area contributed by atoms with Crippen molar-refractivity contribution in [3.05, 3.63) is 84.6 Å². The summed E-state index contributed by atoms with van der Waals surface area (Å²) in [5, 5.41) is 4.56. The molecule has 7 nitrogen and oxygen atoms in total. The van der Waals surface area contributed by atoms with Crippen LogP contribution in [0.5, 0.6) is 0 Å². The van der Waals surface area contributed by atoms with Crippen molar-refractivity contribution in [1.82, 2.24) is 14.8 Å². The van der Waals surface area contributed by atoms with E-state index in [4.69, 9.17) is 4.74 Å². The fourth-order valence-electron chi connectivity index (χ4n) is 3.67. The highest BCUT2D eigenvalue weighted by Crippen LogP contribution is 2.37. The summed E-state index contributed by atoms with van der Waals surface area (Å²) < 4.78 is 78.2. The Balaban J connectivity index is 1.91. The smallest absolute Gasteiger partial charge is 0.269 e. The number of anilines is 1. The number of aromatic nitrogens is 3. The standard InChI is InChI=1S/C25H23F3N4O3S/c1-16(2)31-14-20(17-9-11-29-12-10-17)25(30-31)19-5-4-6-22(24(19)28)32(15-35-3)36(33,34)23-13-18(26)7-8-21(23)27/h4-14,16H,15H2,1-3H3. The van der Waals surface area contributed by atoms with Crippen LogP contribution in [-0.4, -0.2) is 37.0 Å². The van der Waals surface area contributed by atoms with Crippen LogP contribution < -0.4 is 4.31 Å². The molecule has 2 aromatic heterocycles. The van der Waals surface area contributed by atoms with Crippen molar-refractivity contribution in [2.45, 2.75) is 24.8 Å². The van der Waals surface area contributed by atoms with Gasteiger partial charge >= 0.3 is 0 Å². The molecule has 4 rings (SSSR count). The highest BCUT2D eigenvalue weighted by molar-refractivity contribution is 7.92. The lowest BCUT2D eigenvalue weighted by Gasteiger charge is -2.25. The van der Waals surface area contributed by atoms with Crippen molar-refractivity contribution >= 4 is 15.7 Å². The molecular weight excluding hydrogens is 493 g/mol. The van der Waals surface area contributed by atoms with Crippen molar-refractivity contribution in [2.75, 3.05) is 18.1 Å². The Labute approximate surface area is 206 Å². The molecule has 188 valence electrons. The summed E-state index contributed by atoms with van der Waals surface area (Å²) >= 11 is 0. The number of methoxy groups -OCH3 is 1. The van der Waals surface area contributed by atoms with Gasteiger partial charge in [0.25, 0.3) is 10.0 Å². The fourth-order valence-corrected chi connectivity index (χ4v) is 5.13. The van der Waals surface area contributed by atoms with Crippen molar-refractivity contribution in [3.63, 3.8) is 0 Å². The van der Waals surface area contributed by atoms with Gasteiger partial charge in [-0.1, -0.05) is 6.07 Å². The molecule has 0 aliphatic rings. The highest BCUT2D eigenvalue weighted by Gasteiger charge is 2.32. The van der Waals surface area contributed by atoms with Crippen molar-refractivity contribution in [3.8, 4) is 22.4 Å². The summed E-state index contributed by atoms with van der Waals surface area (Å²) in [6.07, 6.45) is 4.96. The van der Waals surface area contributed by atoms with E-state index in [2.05, 4.69) is 10.1 Å². The number of sulfonamides is 1. The number of rotatable bonds is 8. The minimum Gasteiger partial charge on any atom is -0.363 e. The Kier molecular flexibility index (Phi) is 7.14. The first-order valence-corrected chi connectivity index (χ1v) is 12.3. The average molecular weight is 517 g/mol. The van der Waals surface area contributed by atoms with Crippen molar-refractivity contribution in [2.24, 2.45) is 0 Å². The van der Waals surface area contributed by atoms with E-state index < -0.39 is 44.8 Å². The van der Waals surface area contributed by atoms with Gasteiger partial charge in [-0.15, -0.1) is 0 Å². The first-order chi connectivity index (χ1) is 17.1. The highest BCUT2D eigenvalue weighted by atomic mass is 32.2. The lowest BCUT2D eigenvalue weighted by atomic mass is 10.0. The van der Waals surface area contributed by atoms with Crippen LogP contribution in [0.2, 0.25) is 0 Å². The van der Waals surface area contributed by atoms with Gasteiger partial charge in [0.1, 0.15) is 29.0 Å².